The van der Waals surface area contributed by atoms with Gasteiger partial charge in [0.2, 0.25) is 0 Å². The van der Waals surface area contributed by atoms with E-state index in [-0.39, 0.29) is 22.5 Å². The summed E-state index contributed by atoms with van der Waals surface area (Å²) in [5.74, 6) is 0.738. The van der Waals surface area contributed by atoms with Crippen LogP contribution in [0.5, 0.6) is 0 Å². The molecule has 4 heteroatoms. The van der Waals surface area contributed by atoms with Crippen LogP contribution in [-0.2, 0) is 9.84 Å². The van der Waals surface area contributed by atoms with Crippen molar-refractivity contribution in [1.29, 1.82) is 0 Å². The average molecular weight is 225 g/mol. The summed E-state index contributed by atoms with van der Waals surface area (Å²) in [6.07, 6.45) is 0.730. The summed E-state index contributed by atoms with van der Waals surface area (Å²) < 4.78 is 22.4. The summed E-state index contributed by atoms with van der Waals surface area (Å²) in [7, 11) is -2.79. The van der Waals surface area contributed by atoms with E-state index in [2.05, 4.69) is 20.8 Å². The van der Waals surface area contributed by atoms with Crippen molar-refractivity contribution in [3.8, 4) is 0 Å². The lowest BCUT2D eigenvalue weighted by Gasteiger charge is -2.29. The molecule has 0 aromatic carbocycles. The van der Waals surface area contributed by atoms with Gasteiger partial charge in [-0.05, 0) is 17.8 Å². The van der Waals surface area contributed by atoms with Crippen LogP contribution in [0.1, 0.15) is 27.2 Å². The topological polar surface area (TPSA) is 34.1 Å². The molecule has 1 heterocycles. The lowest BCUT2D eigenvalue weighted by molar-refractivity contribution is 0.320. The van der Waals surface area contributed by atoms with Crippen molar-refractivity contribution in [3.05, 3.63) is 0 Å². The van der Waals surface area contributed by atoms with Crippen LogP contribution in [-0.4, -0.2) is 25.3 Å². The van der Waals surface area contributed by atoms with Gasteiger partial charge in [-0.2, -0.15) is 0 Å². The van der Waals surface area contributed by atoms with Crippen LogP contribution >= 0.6 is 11.6 Å². The van der Waals surface area contributed by atoms with Crippen molar-refractivity contribution < 1.29 is 8.42 Å². The van der Waals surface area contributed by atoms with Gasteiger partial charge < -0.3 is 0 Å². The van der Waals surface area contributed by atoms with Crippen LogP contribution in [0.4, 0.5) is 0 Å². The molecule has 1 aliphatic heterocycles. The highest BCUT2D eigenvalue weighted by molar-refractivity contribution is 7.91. The van der Waals surface area contributed by atoms with E-state index >= 15 is 0 Å². The SMILES string of the molecule is CC(C)(C)C(Cl)C1CCS(=O)(=O)C1. The third kappa shape index (κ3) is 2.84. The normalized spacial score (nSPS) is 30.3. The van der Waals surface area contributed by atoms with Crippen LogP contribution < -0.4 is 0 Å². The maximum absolute atomic E-state index is 11.2. The Kier molecular flexibility index (Phi) is 2.98. The van der Waals surface area contributed by atoms with Gasteiger partial charge in [0.25, 0.3) is 0 Å². The lowest BCUT2D eigenvalue weighted by atomic mass is 9.84. The largest absolute Gasteiger partial charge is 0.229 e. The van der Waals surface area contributed by atoms with Gasteiger partial charge in [-0.25, -0.2) is 8.42 Å². The first-order valence-electron chi connectivity index (χ1n) is 4.57. The summed E-state index contributed by atoms with van der Waals surface area (Å²) in [5, 5.41) is -0.0372. The Hall–Kier alpha value is 0.240. The zero-order valence-corrected chi connectivity index (χ0v) is 9.95. The highest BCUT2D eigenvalue weighted by Crippen LogP contribution is 2.35. The summed E-state index contributed by atoms with van der Waals surface area (Å²) in [4.78, 5) is 0. The fraction of sp³-hybridized carbons (Fsp3) is 1.00. The minimum Gasteiger partial charge on any atom is -0.229 e. The Labute approximate surface area is 85.6 Å². The molecule has 2 nitrogen and oxygen atoms in total. The molecule has 0 bridgehead atoms. The lowest BCUT2D eigenvalue weighted by Crippen LogP contribution is -2.29. The average Bonchev–Trinajstić information content (AvgIpc) is 2.26. The Morgan fingerprint density at radius 1 is 1.38 bits per heavy atom. The van der Waals surface area contributed by atoms with E-state index in [1.807, 2.05) is 0 Å². The number of halogens is 1. The number of hydrogen-bond donors (Lipinski definition) is 0. The molecule has 0 amide bonds. The van der Waals surface area contributed by atoms with Crippen molar-refractivity contribution in [2.45, 2.75) is 32.6 Å². The minimum absolute atomic E-state index is 0.00785. The quantitative estimate of drug-likeness (QED) is 0.640. The van der Waals surface area contributed by atoms with Crippen LogP contribution in [0, 0.1) is 11.3 Å². The van der Waals surface area contributed by atoms with E-state index in [1.165, 1.54) is 0 Å². The highest BCUT2D eigenvalue weighted by Gasteiger charge is 2.37. The Morgan fingerprint density at radius 2 is 1.92 bits per heavy atom. The van der Waals surface area contributed by atoms with Crippen molar-refractivity contribution in [3.63, 3.8) is 0 Å². The van der Waals surface area contributed by atoms with Crippen molar-refractivity contribution >= 4 is 21.4 Å². The Morgan fingerprint density at radius 3 is 2.23 bits per heavy atom. The van der Waals surface area contributed by atoms with Gasteiger partial charge >= 0.3 is 0 Å². The van der Waals surface area contributed by atoms with Gasteiger partial charge in [0, 0.05) is 5.38 Å². The number of alkyl halides is 1. The molecular weight excluding hydrogens is 208 g/mol. The second-order valence-electron chi connectivity index (χ2n) is 4.93. The third-order valence-corrected chi connectivity index (χ3v) is 5.31. The third-order valence-electron chi connectivity index (χ3n) is 2.51. The maximum atomic E-state index is 11.2. The van der Waals surface area contributed by atoms with E-state index < -0.39 is 9.84 Å². The molecule has 1 aliphatic rings. The van der Waals surface area contributed by atoms with E-state index in [4.69, 9.17) is 11.6 Å². The smallest absolute Gasteiger partial charge is 0.150 e. The summed E-state index contributed by atoms with van der Waals surface area (Å²) in [6, 6.07) is 0. The second-order valence-corrected chi connectivity index (χ2v) is 7.63. The first-order chi connectivity index (χ1) is 5.72. The monoisotopic (exact) mass is 224 g/mol. The molecule has 0 spiro atoms. The van der Waals surface area contributed by atoms with Crippen molar-refractivity contribution in [2.75, 3.05) is 11.5 Å². The molecule has 0 aromatic heterocycles. The summed E-state index contributed by atoms with van der Waals surface area (Å²) in [5.41, 5.74) is -0.00785. The molecule has 0 radical (unpaired) electrons. The summed E-state index contributed by atoms with van der Waals surface area (Å²) >= 11 is 6.23. The van der Waals surface area contributed by atoms with Crippen LogP contribution in [0.25, 0.3) is 0 Å². The molecular formula is C9H17ClO2S. The van der Waals surface area contributed by atoms with Gasteiger partial charge in [-0.1, -0.05) is 20.8 Å². The molecule has 0 aromatic rings. The van der Waals surface area contributed by atoms with E-state index in [9.17, 15) is 8.42 Å². The predicted octanol–water partition coefficient (Wildman–Crippen LogP) is 2.07. The van der Waals surface area contributed by atoms with E-state index in [0.29, 0.717) is 5.75 Å². The van der Waals surface area contributed by atoms with E-state index in [0.717, 1.165) is 6.42 Å². The molecule has 78 valence electrons. The fourth-order valence-electron chi connectivity index (χ4n) is 1.76. The second kappa shape index (κ2) is 3.43. The number of hydrogen-bond acceptors (Lipinski definition) is 2. The van der Waals surface area contributed by atoms with Gasteiger partial charge in [0.05, 0.1) is 11.5 Å². The van der Waals surface area contributed by atoms with Gasteiger partial charge in [-0.15, -0.1) is 11.6 Å². The highest BCUT2D eigenvalue weighted by atomic mass is 35.5. The van der Waals surface area contributed by atoms with Crippen LogP contribution in [0.15, 0.2) is 0 Å². The van der Waals surface area contributed by atoms with Gasteiger partial charge in [0.15, 0.2) is 9.84 Å². The first kappa shape index (κ1) is 11.3. The summed E-state index contributed by atoms with van der Waals surface area (Å²) in [6.45, 7) is 6.15. The zero-order valence-electron chi connectivity index (χ0n) is 8.38. The van der Waals surface area contributed by atoms with Gasteiger partial charge in [0.1, 0.15) is 0 Å². The predicted molar refractivity (Wildman–Crippen MR) is 55.9 cm³/mol. The first-order valence-corrected chi connectivity index (χ1v) is 6.83. The zero-order chi connectivity index (χ0) is 10.3. The molecule has 0 aliphatic carbocycles. The Bertz CT molecular complexity index is 276. The van der Waals surface area contributed by atoms with Crippen molar-refractivity contribution in [2.24, 2.45) is 11.3 Å². The van der Waals surface area contributed by atoms with Crippen LogP contribution in [0.3, 0.4) is 0 Å². The van der Waals surface area contributed by atoms with Gasteiger partial charge in [-0.3, -0.25) is 0 Å². The Balaban J connectivity index is 2.67. The molecule has 1 rings (SSSR count). The standard InChI is InChI=1S/C9H17ClO2S/c1-9(2,3)8(10)7-4-5-13(11,12)6-7/h7-8H,4-6H2,1-3H3. The number of sulfone groups is 1. The minimum atomic E-state index is -2.79. The molecule has 2 atom stereocenters. The van der Waals surface area contributed by atoms with E-state index in [1.54, 1.807) is 0 Å². The van der Waals surface area contributed by atoms with Crippen LogP contribution in [0.2, 0.25) is 0 Å². The molecule has 1 saturated heterocycles. The fourth-order valence-corrected chi connectivity index (χ4v) is 3.92. The number of rotatable bonds is 1. The molecule has 2 unspecified atom stereocenters. The molecule has 0 N–H and O–H groups in total. The van der Waals surface area contributed by atoms with Crippen molar-refractivity contribution in [1.82, 2.24) is 0 Å². The molecule has 1 fully saturated rings. The molecule has 0 saturated carbocycles. The molecule has 13 heavy (non-hydrogen) atoms. The maximum Gasteiger partial charge on any atom is 0.150 e.